The number of aromatic nitrogens is 4. The highest BCUT2D eigenvalue weighted by Crippen LogP contribution is 2.43. The number of rotatable bonds is 22. The second kappa shape index (κ2) is 47.1. The number of halogens is 1. The van der Waals surface area contributed by atoms with Crippen LogP contribution in [0.2, 0.25) is 18.1 Å². The largest absolute Gasteiger partial charge is 0.543 e. The van der Waals surface area contributed by atoms with Gasteiger partial charge in [-0.15, -0.1) is 0 Å². The van der Waals surface area contributed by atoms with Crippen LogP contribution in [-0.2, 0) is 65.0 Å². The first kappa shape index (κ1) is 101. The first-order valence-corrected chi connectivity index (χ1v) is 45.1. The number of pyridine rings is 4. The van der Waals surface area contributed by atoms with E-state index in [-0.39, 0.29) is 124 Å². The summed E-state index contributed by atoms with van der Waals surface area (Å²) in [6.07, 6.45) is 7.21. The number of hydrogen-bond acceptors (Lipinski definition) is 29. The Balaban J connectivity index is 0.000000195. The number of carbonyl (C=O) groups is 6. The number of esters is 1. The number of benzene rings is 6. The molecule has 42 heteroatoms. The number of nitro benzene ring substituents is 4. The van der Waals surface area contributed by atoms with Crippen LogP contribution in [0, 0.1) is 47.4 Å². The first-order valence-electron chi connectivity index (χ1n) is 41.0. The van der Waals surface area contributed by atoms with Gasteiger partial charge in [0.15, 0.2) is 11.6 Å². The van der Waals surface area contributed by atoms with Crippen molar-refractivity contribution in [2.24, 2.45) is 5.73 Å². The molecule has 14 rings (SSSR count). The predicted molar refractivity (Wildman–Crippen MR) is 497 cm³/mol. The molecule has 6 aromatic carbocycles. The number of amides is 7. The lowest BCUT2D eigenvalue weighted by molar-refractivity contribution is -0.385. The van der Waals surface area contributed by atoms with Crippen LogP contribution in [0.4, 0.5) is 83.2 Å². The standard InChI is InChI=1S/C24H24N6O3.C16H18N4O2.C14H18N2O6.C13H20BrNO3Si.C8H8N2O2.C7H8N2O3.C7H7NO3/c1-3-30-21-16(23(31)29(2)19-7-5-10-25-22(19)30)12-15(13-26-21)9-11-33-20-8-4-6-18-17(20)14-27-24(32)28-18;1-3-20-14-12(9-11(6-8-21)10-18-14)16(22)19(2)13-5-4-7-17-15(13)20;1-3-21-13(17)8-10-6-5-7-12(16(19)20)11(10)9-15-14(18)22-4-2;1-13(2,3)19(4,5)18-12-8-6-7-11(15(16)17)10(12)9-14;11-7-3-1-2-6-5(7)4-9-8(12)10-6;8-4-5-6(9(11)12)2-1-3-7(5)10;1-5-6(8(10)11)3-2-4-7(5)9/h4-8,10,12-13H,3,9,11,14H2,1-2H3,(H2,27,28,32);4-5,7,9-10,21H,3,6,8H2,1-2H3;5-7H,3-4,8-9H2,1-2H3,(H,15,18);6-8H,9H2,1-5H3;1-3,11H,4H2,(H2,9,10,12);1-3,10H,4,8H2;2-4,9H,1H3. The van der Waals surface area contributed by atoms with Gasteiger partial charge in [-0.1, -0.05) is 79.2 Å². The number of nitrogens with two attached hydrogens (primary N) is 1. The first-order chi connectivity index (χ1) is 62.4. The summed E-state index contributed by atoms with van der Waals surface area (Å²) in [5.41, 5.74) is 14.2. The number of phenols is 3. The summed E-state index contributed by atoms with van der Waals surface area (Å²) in [6, 6.07) is 39.0. The summed E-state index contributed by atoms with van der Waals surface area (Å²) >= 11 is 3.32. The third kappa shape index (κ3) is 26.1. The molecule has 0 spiro atoms. The molecule has 4 aliphatic heterocycles. The molecular formula is C89H103BrN18O22Si. The van der Waals surface area contributed by atoms with Gasteiger partial charge in [0, 0.05) is 112 Å². The summed E-state index contributed by atoms with van der Waals surface area (Å²) in [7, 11) is 1.50. The van der Waals surface area contributed by atoms with Crippen LogP contribution in [0.15, 0.2) is 170 Å². The molecule has 0 bridgehead atoms. The van der Waals surface area contributed by atoms with E-state index < -0.39 is 35.1 Å². The molecule has 0 unspecified atom stereocenters. The molecule has 0 aliphatic carbocycles. The zero-order chi connectivity index (χ0) is 96.1. The predicted octanol–water partition coefficient (Wildman–Crippen LogP) is 15.5. The van der Waals surface area contributed by atoms with E-state index in [2.05, 4.69) is 96.3 Å². The third-order valence-electron chi connectivity index (χ3n) is 20.9. The molecule has 8 heterocycles. The summed E-state index contributed by atoms with van der Waals surface area (Å²) in [4.78, 5) is 137. The van der Waals surface area contributed by atoms with Crippen molar-refractivity contribution in [2.75, 3.05) is 83.8 Å². The molecule has 11 N–H and O–H groups in total. The number of hydrogen-bond donors (Lipinski definition) is 10. The van der Waals surface area contributed by atoms with Crippen LogP contribution in [0.25, 0.3) is 0 Å². The van der Waals surface area contributed by atoms with E-state index in [0.717, 1.165) is 50.9 Å². The molecule has 692 valence electrons. The van der Waals surface area contributed by atoms with Crippen LogP contribution in [-0.4, -0.2) is 158 Å². The van der Waals surface area contributed by atoms with Gasteiger partial charge < -0.3 is 91.0 Å². The van der Waals surface area contributed by atoms with Crippen molar-refractivity contribution in [1.29, 1.82) is 0 Å². The number of carbonyl (C=O) groups excluding carboxylic acids is 6. The molecule has 4 aromatic heterocycles. The van der Waals surface area contributed by atoms with E-state index in [0.29, 0.717) is 108 Å². The fraction of sp³-hybridized carbons (Fsp3) is 0.303. The van der Waals surface area contributed by atoms with Gasteiger partial charge in [-0.2, -0.15) is 0 Å². The zero-order valence-electron chi connectivity index (χ0n) is 74.0. The van der Waals surface area contributed by atoms with Gasteiger partial charge in [0.2, 0.25) is 8.32 Å². The molecule has 10 aromatic rings. The number of fused-ring (bicyclic) bond motifs is 6. The van der Waals surface area contributed by atoms with Crippen LogP contribution < -0.4 is 61.1 Å². The van der Waals surface area contributed by atoms with Crippen molar-refractivity contribution in [2.45, 2.75) is 124 Å². The Hall–Kier alpha value is -15.0. The monoisotopic (exact) mass is 1880 g/mol. The minimum absolute atomic E-state index is 0.0315. The van der Waals surface area contributed by atoms with Gasteiger partial charge in [0.1, 0.15) is 40.4 Å². The minimum atomic E-state index is -1.99. The number of ether oxygens (including phenoxy) is 3. The van der Waals surface area contributed by atoms with Crippen LogP contribution in [0.5, 0.6) is 28.7 Å². The summed E-state index contributed by atoms with van der Waals surface area (Å²) < 4.78 is 21.8. The van der Waals surface area contributed by atoms with Gasteiger partial charge in [0.25, 0.3) is 34.6 Å². The Morgan fingerprint density at radius 3 is 1.52 bits per heavy atom. The SMILES string of the molecule is CC(C)(C)[Si](C)(C)Oc1cccc([N+](=O)[O-])c1CBr.CCN1c2ncc(CCO)cc2C(=O)N(C)c2cccnc21.CCN1c2ncc(CCOc3cccc4c3CNC(=O)N4)cc2C(=O)N(C)c2cccnc21.CCOC(=O)Cc1cccc([N+](=O)[O-])c1CNC(=O)OCC.Cc1c(O)cccc1[N+](=O)[O-].NCc1c(O)cccc1[N+](=O)[O-].O=C1NCc2c(O)cccc2N1. The number of nitro groups is 4. The molecule has 0 saturated heterocycles. The average molecular weight is 1880 g/mol. The molecule has 4 aliphatic rings. The highest BCUT2D eigenvalue weighted by atomic mass is 79.9. The summed E-state index contributed by atoms with van der Waals surface area (Å²) in [5.74, 6) is 3.31. The van der Waals surface area contributed by atoms with Gasteiger partial charge in [-0.05, 0) is 155 Å². The third-order valence-corrected chi connectivity index (χ3v) is 25.8. The summed E-state index contributed by atoms with van der Waals surface area (Å²) in [5, 5.41) is 93.0. The van der Waals surface area contributed by atoms with E-state index >= 15 is 0 Å². The van der Waals surface area contributed by atoms with Gasteiger partial charge >= 0.3 is 24.1 Å². The Kier molecular flexibility index (Phi) is 36.5. The number of alkyl carbamates (subject to hydrolysis) is 1. The number of phenolic OH excluding ortho intramolecular Hbond substituents is 3. The second-order valence-corrected chi connectivity index (χ2v) is 35.5. The van der Waals surface area contributed by atoms with E-state index in [9.17, 15) is 74.3 Å². The Morgan fingerprint density at radius 1 is 0.573 bits per heavy atom. The lowest BCUT2D eigenvalue weighted by atomic mass is 10.0. The normalized spacial score (nSPS) is 12.4. The van der Waals surface area contributed by atoms with Gasteiger partial charge in [-0.25, -0.2) is 34.3 Å². The summed E-state index contributed by atoms with van der Waals surface area (Å²) in [6.45, 7) is 22.3. The lowest BCUT2D eigenvalue weighted by Crippen LogP contribution is -2.44. The number of urea groups is 2. The quantitative estimate of drug-likeness (QED) is 0.00990. The van der Waals surface area contributed by atoms with Crippen molar-refractivity contribution < 1.29 is 87.5 Å². The van der Waals surface area contributed by atoms with Crippen molar-refractivity contribution in [1.82, 2.24) is 35.9 Å². The maximum Gasteiger partial charge on any atom is 0.407 e. The highest BCUT2D eigenvalue weighted by molar-refractivity contribution is 9.08. The maximum absolute atomic E-state index is 13.3. The Bertz CT molecular complexity index is 5830. The van der Waals surface area contributed by atoms with Crippen LogP contribution >= 0.6 is 15.9 Å². The minimum Gasteiger partial charge on any atom is -0.543 e. The van der Waals surface area contributed by atoms with E-state index in [1.807, 2.05) is 84.3 Å². The zero-order valence-corrected chi connectivity index (χ0v) is 76.6. The molecule has 131 heavy (non-hydrogen) atoms. The van der Waals surface area contributed by atoms with E-state index in [4.69, 9.17) is 39.7 Å². The molecule has 0 atom stereocenters. The van der Waals surface area contributed by atoms with Gasteiger partial charge in [0.05, 0.1) is 122 Å². The van der Waals surface area contributed by atoms with Crippen molar-refractivity contribution in [3.8, 4) is 28.7 Å². The van der Waals surface area contributed by atoms with Crippen molar-refractivity contribution in [3.63, 3.8) is 0 Å². The number of alkyl halides is 1. The van der Waals surface area contributed by atoms with Gasteiger partial charge in [-0.3, -0.25) is 54.8 Å². The molecule has 7 amide bonds. The fourth-order valence-corrected chi connectivity index (χ4v) is 14.7. The lowest BCUT2D eigenvalue weighted by Gasteiger charge is -2.36. The molecule has 0 saturated carbocycles. The highest BCUT2D eigenvalue weighted by Gasteiger charge is 2.40. The number of aliphatic hydroxyl groups excluding tert-OH is 1. The smallest absolute Gasteiger partial charge is 0.407 e. The number of aliphatic hydroxyl groups is 1. The van der Waals surface area contributed by atoms with E-state index in [1.165, 1.54) is 61.5 Å². The number of aromatic hydroxyl groups is 3. The number of anilines is 8. The van der Waals surface area contributed by atoms with Crippen LogP contribution in [0.3, 0.4) is 0 Å². The van der Waals surface area contributed by atoms with E-state index in [1.54, 1.807) is 92.9 Å². The Labute approximate surface area is 763 Å². The Morgan fingerprint density at radius 2 is 1.03 bits per heavy atom. The van der Waals surface area contributed by atoms with Crippen LogP contribution in [0.1, 0.15) is 119 Å². The van der Waals surface area contributed by atoms with Crippen molar-refractivity contribution in [3.05, 3.63) is 272 Å². The maximum atomic E-state index is 13.3. The second-order valence-electron chi connectivity index (χ2n) is 30.3. The molecule has 0 fully saturated rings. The fourth-order valence-electron chi connectivity index (χ4n) is 13.1. The number of nitrogens with zero attached hydrogens (tertiary/aromatic N) is 12. The topological polar surface area (TPSA) is 544 Å². The number of nitrogens with one attached hydrogen (secondary N) is 5. The molecule has 40 nitrogen and oxygen atoms in total. The molecular weight excluding hydrogens is 1780 g/mol. The average Bonchev–Trinajstić information content (AvgIpc) is 1.61. The van der Waals surface area contributed by atoms with Crippen molar-refractivity contribution >= 4 is 129 Å². The molecule has 0 radical (unpaired) electrons.